The number of carbonyl (C=O) groups excluding carboxylic acids is 3. The number of aromatic hydroxyl groups is 1. The molecular weight excluding hydrogens is 540 g/mol. The number of nitro groups is 2. The highest BCUT2D eigenvalue weighted by molar-refractivity contribution is 6.39. The smallest absolute Gasteiger partial charge is 0.335 e. The number of methoxy groups -OCH3 is 1. The van der Waals surface area contributed by atoms with E-state index >= 15 is 0 Å². The van der Waals surface area contributed by atoms with Crippen molar-refractivity contribution in [1.82, 2.24) is 5.32 Å². The Morgan fingerprint density at radius 1 is 1.00 bits per heavy atom. The Kier molecular flexibility index (Phi) is 7.75. The van der Waals surface area contributed by atoms with Crippen LogP contribution in [0.5, 0.6) is 23.0 Å². The molecule has 1 heterocycles. The molecule has 0 aromatic heterocycles. The van der Waals surface area contributed by atoms with Crippen LogP contribution in [0, 0.1) is 20.2 Å². The molecule has 1 saturated heterocycles. The van der Waals surface area contributed by atoms with Crippen LogP contribution in [-0.4, -0.2) is 39.9 Å². The Balaban J connectivity index is 1.78. The molecule has 208 valence electrons. The SMILES string of the molecule is C=CCc1cc(/C=C2\C(=O)NC(=O)N(c3ccc(O)cc3)C2=O)cc(OC)c1Oc1ccc([N+](=O)[O-])cc1[N+](=O)[O-]. The van der Waals surface area contributed by atoms with Crippen LogP contribution >= 0.6 is 0 Å². The maximum Gasteiger partial charge on any atom is 0.335 e. The summed E-state index contributed by atoms with van der Waals surface area (Å²) in [7, 11) is 1.30. The minimum Gasteiger partial charge on any atom is -0.508 e. The second-order valence-electron chi connectivity index (χ2n) is 8.45. The van der Waals surface area contributed by atoms with Crippen LogP contribution in [0.2, 0.25) is 0 Å². The van der Waals surface area contributed by atoms with E-state index in [9.17, 15) is 39.7 Å². The van der Waals surface area contributed by atoms with E-state index in [1.54, 1.807) is 0 Å². The number of nitrogens with one attached hydrogen (secondary N) is 1. The number of hydrogen-bond donors (Lipinski definition) is 2. The molecule has 1 aliphatic rings. The number of anilines is 1. The summed E-state index contributed by atoms with van der Waals surface area (Å²) in [4.78, 5) is 60.1. The third-order valence-electron chi connectivity index (χ3n) is 5.82. The van der Waals surface area contributed by atoms with Gasteiger partial charge in [0.1, 0.15) is 11.3 Å². The second-order valence-corrected chi connectivity index (χ2v) is 8.45. The van der Waals surface area contributed by atoms with Crippen molar-refractivity contribution in [2.24, 2.45) is 0 Å². The summed E-state index contributed by atoms with van der Waals surface area (Å²) < 4.78 is 11.2. The van der Waals surface area contributed by atoms with Gasteiger partial charge in [0.15, 0.2) is 11.5 Å². The molecule has 0 atom stereocenters. The van der Waals surface area contributed by atoms with Gasteiger partial charge < -0.3 is 14.6 Å². The minimum atomic E-state index is -0.971. The van der Waals surface area contributed by atoms with Crippen molar-refractivity contribution in [2.75, 3.05) is 12.0 Å². The van der Waals surface area contributed by atoms with Gasteiger partial charge in [-0.2, -0.15) is 0 Å². The van der Waals surface area contributed by atoms with Crippen molar-refractivity contribution >= 4 is 41.0 Å². The van der Waals surface area contributed by atoms with Gasteiger partial charge in [0.25, 0.3) is 17.5 Å². The number of imide groups is 2. The molecule has 14 heteroatoms. The zero-order chi connectivity index (χ0) is 29.8. The van der Waals surface area contributed by atoms with Gasteiger partial charge in [-0.25, -0.2) is 9.69 Å². The molecule has 0 spiro atoms. The van der Waals surface area contributed by atoms with Gasteiger partial charge in [-0.3, -0.25) is 35.1 Å². The summed E-state index contributed by atoms with van der Waals surface area (Å²) in [6.45, 7) is 3.69. The van der Waals surface area contributed by atoms with Gasteiger partial charge in [-0.15, -0.1) is 6.58 Å². The number of phenolic OH excluding ortho intramolecular Hbond substituents is 1. The van der Waals surface area contributed by atoms with E-state index in [4.69, 9.17) is 9.47 Å². The number of amides is 4. The molecule has 4 rings (SSSR count). The first-order valence-electron chi connectivity index (χ1n) is 11.7. The Labute approximate surface area is 231 Å². The summed E-state index contributed by atoms with van der Waals surface area (Å²) in [5.41, 5.74) is -0.761. The number of non-ortho nitro benzene ring substituents is 1. The summed E-state index contributed by atoms with van der Waals surface area (Å²) in [6, 6.07) is 10.1. The molecule has 0 unspecified atom stereocenters. The topological polar surface area (TPSA) is 191 Å². The summed E-state index contributed by atoms with van der Waals surface area (Å²) in [6.07, 6.45) is 2.89. The Morgan fingerprint density at radius 3 is 2.32 bits per heavy atom. The molecule has 1 aliphatic heterocycles. The van der Waals surface area contributed by atoms with E-state index in [0.29, 0.717) is 5.56 Å². The number of phenols is 1. The van der Waals surface area contributed by atoms with E-state index in [1.807, 2.05) is 0 Å². The highest BCUT2D eigenvalue weighted by atomic mass is 16.6. The van der Waals surface area contributed by atoms with Crippen LogP contribution in [0.15, 0.2) is 72.8 Å². The molecule has 0 aliphatic carbocycles. The molecular formula is C27H20N4O10. The lowest BCUT2D eigenvalue weighted by Gasteiger charge is -2.26. The van der Waals surface area contributed by atoms with Crippen LogP contribution in [0.3, 0.4) is 0 Å². The lowest BCUT2D eigenvalue weighted by atomic mass is 10.0. The van der Waals surface area contributed by atoms with Crippen molar-refractivity contribution in [3.63, 3.8) is 0 Å². The number of nitro benzene ring substituents is 2. The fraction of sp³-hybridized carbons (Fsp3) is 0.0741. The molecule has 0 bridgehead atoms. The Hall–Kier alpha value is -6.05. The molecule has 14 nitrogen and oxygen atoms in total. The van der Waals surface area contributed by atoms with Crippen LogP contribution in [0.1, 0.15) is 11.1 Å². The predicted octanol–water partition coefficient (Wildman–Crippen LogP) is 4.40. The summed E-state index contributed by atoms with van der Waals surface area (Å²) >= 11 is 0. The summed E-state index contributed by atoms with van der Waals surface area (Å²) in [5, 5.41) is 34.3. The average Bonchev–Trinajstić information content (AvgIpc) is 2.93. The third kappa shape index (κ3) is 5.70. The molecule has 0 saturated carbocycles. The number of hydrogen-bond acceptors (Lipinski definition) is 10. The number of barbiturate groups is 1. The van der Waals surface area contributed by atoms with Crippen molar-refractivity contribution in [3.05, 3.63) is 104 Å². The molecule has 1 fully saturated rings. The van der Waals surface area contributed by atoms with Gasteiger partial charge in [-0.05, 0) is 60.5 Å². The number of carbonyl (C=O) groups is 3. The number of benzene rings is 3. The van der Waals surface area contributed by atoms with Crippen LogP contribution in [-0.2, 0) is 16.0 Å². The number of allylic oxidation sites excluding steroid dienone is 1. The first-order chi connectivity index (χ1) is 19.5. The normalized spacial score (nSPS) is 14.0. The van der Waals surface area contributed by atoms with E-state index in [-0.39, 0.29) is 46.2 Å². The molecule has 0 radical (unpaired) electrons. The van der Waals surface area contributed by atoms with E-state index in [0.717, 1.165) is 23.1 Å². The third-order valence-corrected chi connectivity index (χ3v) is 5.82. The average molecular weight is 560 g/mol. The van der Waals surface area contributed by atoms with Crippen molar-refractivity contribution in [1.29, 1.82) is 0 Å². The van der Waals surface area contributed by atoms with Crippen molar-refractivity contribution < 1.29 is 38.8 Å². The van der Waals surface area contributed by atoms with Crippen LogP contribution < -0.4 is 19.7 Å². The van der Waals surface area contributed by atoms with Crippen LogP contribution in [0.25, 0.3) is 6.08 Å². The largest absolute Gasteiger partial charge is 0.508 e. The van der Waals surface area contributed by atoms with Gasteiger partial charge in [0.05, 0.1) is 28.7 Å². The number of ether oxygens (including phenoxy) is 2. The predicted molar refractivity (Wildman–Crippen MR) is 144 cm³/mol. The van der Waals surface area contributed by atoms with Gasteiger partial charge in [0.2, 0.25) is 5.75 Å². The van der Waals surface area contributed by atoms with Crippen LogP contribution in [0.4, 0.5) is 21.9 Å². The fourth-order valence-electron chi connectivity index (χ4n) is 3.96. The zero-order valence-corrected chi connectivity index (χ0v) is 21.2. The van der Waals surface area contributed by atoms with E-state index < -0.39 is 39.1 Å². The molecule has 3 aromatic rings. The monoisotopic (exact) mass is 560 g/mol. The molecule has 41 heavy (non-hydrogen) atoms. The second kappa shape index (κ2) is 11.4. The maximum atomic E-state index is 13.2. The fourth-order valence-corrected chi connectivity index (χ4v) is 3.96. The van der Waals surface area contributed by atoms with Crippen molar-refractivity contribution in [3.8, 4) is 23.0 Å². The van der Waals surface area contributed by atoms with Crippen molar-refractivity contribution in [2.45, 2.75) is 6.42 Å². The van der Waals surface area contributed by atoms with Gasteiger partial charge in [0, 0.05) is 11.6 Å². The number of rotatable bonds is 9. The van der Waals surface area contributed by atoms with E-state index in [2.05, 4.69) is 11.9 Å². The highest BCUT2D eigenvalue weighted by Crippen LogP contribution is 2.41. The maximum absolute atomic E-state index is 13.2. The molecule has 4 amide bonds. The number of nitrogens with zero attached hydrogens (tertiary/aromatic N) is 3. The number of urea groups is 1. The molecule has 3 aromatic carbocycles. The lowest BCUT2D eigenvalue weighted by Crippen LogP contribution is -2.54. The lowest BCUT2D eigenvalue weighted by molar-refractivity contribution is -0.394. The first-order valence-corrected chi connectivity index (χ1v) is 11.7. The Bertz CT molecular complexity index is 1650. The van der Waals surface area contributed by atoms with E-state index in [1.165, 1.54) is 55.7 Å². The van der Waals surface area contributed by atoms with Gasteiger partial charge >= 0.3 is 11.7 Å². The Morgan fingerprint density at radius 2 is 1.71 bits per heavy atom. The molecule has 2 N–H and O–H groups in total. The minimum absolute atomic E-state index is 0.0341. The zero-order valence-electron chi connectivity index (χ0n) is 21.2. The first kappa shape index (κ1) is 28.0. The summed E-state index contributed by atoms with van der Waals surface area (Å²) in [5.74, 6) is -2.16. The van der Waals surface area contributed by atoms with Gasteiger partial charge in [-0.1, -0.05) is 6.08 Å². The quantitative estimate of drug-likeness (QED) is 0.125. The highest BCUT2D eigenvalue weighted by Gasteiger charge is 2.37. The standard InChI is InChI=1S/C27H20N4O10/c1-3-4-16-11-15(12-20-25(33)28-27(35)29(26(20)34)17-5-8-19(32)9-6-17)13-23(40-2)24(16)41-22-10-7-18(30(36)37)14-21(22)31(38)39/h3,5-14,32H,1,4H2,2H3,(H,28,33,35)/b20-12+.